The smallest absolute Gasteiger partial charge is 0.366 e. The number of hydrogen-bond acceptors (Lipinski definition) is 4. The number of alkyl halides is 3. The second kappa shape index (κ2) is 9.47. The van der Waals surface area contributed by atoms with Gasteiger partial charge in [-0.3, -0.25) is 9.78 Å². The number of carbonyl (C=O) groups excluding carboxylic acids is 1. The molecule has 0 aliphatic heterocycles. The molecule has 0 bridgehead atoms. The number of aromatic nitrogens is 2. The van der Waals surface area contributed by atoms with Crippen molar-refractivity contribution in [2.24, 2.45) is 5.73 Å². The second-order valence-corrected chi connectivity index (χ2v) is 10.8. The minimum Gasteiger partial charge on any atom is -0.366 e. The van der Waals surface area contributed by atoms with Crippen molar-refractivity contribution in [1.29, 1.82) is 0 Å². The van der Waals surface area contributed by atoms with E-state index in [1.165, 1.54) is 12.1 Å². The summed E-state index contributed by atoms with van der Waals surface area (Å²) in [6.07, 6.45) is 0.794. The summed E-state index contributed by atoms with van der Waals surface area (Å²) in [4.78, 5) is 16.3. The Morgan fingerprint density at radius 2 is 1.86 bits per heavy atom. The number of rotatable bonds is 6. The number of nitrogens with one attached hydrogen (secondary N) is 1. The van der Waals surface area contributed by atoms with Crippen LogP contribution < -0.4 is 10.5 Å². The van der Waals surface area contributed by atoms with Crippen LogP contribution in [0.5, 0.6) is 0 Å². The average Bonchev–Trinajstić information content (AvgIpc) is 3.13. The molecule has 2 heterocycles. The minimum absolute atomic E-state index is 0.0197. The van der Waals surface area contributed by atoms with E-state index in [-0.39, 0.29) is 17.3 Å². The lowest BCUT2D eigenvalue weighted by Crippen LogP contribution is -2.42. The quantitative estimate of drug-likeness (QED) is 0.442. The number of carbonyl (C=O) groups is 1. The highest BCUT2D eigenvalue weighted by Crippen LogP contribution is 2.41. The fraction of sp³-hybridized carbons (Fsp3) is 0.417. The van der Waals surface area contributed by atoms with Gasteiger partial charge in [-0.1, -0.05) is 19.3 Å². The largest absolute Gasteiger partial charge is 0.404 e. The van der Waals surface area contributed by atoms with Gasteiger partial charge in [0.2, 0.25) is 10.0 Å². The van der Waals surface area contributed by atoms with Crippen LogP contribution in [0.1, 0.15) is 61.0 Å². The lowest BCUT2D eigenvalue weighted by molar-refractivity contribution is -0.147. The number of primary amides is 1. The normalized spacial score (nSPS) is 16.4. The Hall–Kier alpha value is -2.99. The Balaban J connectivity index is 1.88. The number of nitrogens with zero attached hydrogens (tertiary/aromatic N) is 2. The van der Waals surface area contributed by atoms with E-state index in [4.69, 9.17) is 5.73 Å². The van der Waals surface area contributed by atoms with Gasteiger partial charge in [0, 0.05) is 17.6 Å². The third-order valence-electron chi connectivity index (χ3n) is 6.58. The molecule has 4 rings (SSSR count). The van der Waals surface area contributed by atoms with E-state index in [9.17, 15) is 30.8 Å². The van der Waals surface area contributed by atoms with Gasteiger partial charge in [0.1, 0.15) is 16.8 Å². The van der Waals surface area contributed by atoms with E-state index in [0.717, 1.165) is 44.4 Å². The van der Waals surface area contributed by atoms with Crippen LogP contribution >= 0.6 is 0 Å². The molecule has 0 saturated heterocycles. The van der Waals surface area contributed by atoms with Crippen LogP contribution in [0.2, 0.25) is 0 Å². The molecule has 0 spiro atoms. The molecule has 3 aromatic rings. The monoisotopic (exact) mass is 526 g/mol. The lowest BCUT2D eigenvalue weighted by atomic mass is 9.94. The molecule has 1 saturated carbocycles. The molecular formula is C24H26F4N4O3S. The zero-order valence-electron chi connectivity index (χ0n) is 19.7. The minimum atomic E-state index is -4.76. The van der Waals surface area contributed by atoms with E-state index >= 15 is 0 Å². The van der Waals surface area contributed by atoms with Crippen LogP contribution in [0, 0.1) is 12.7 Å². The molecule has 1 aliphatic rings. The first kappa shape index (κ1) is 26.1. The molecule has 194 valence electrons. The zero-order valence-corrected chi connectivity index (χ0v) is 20.5. The van der Waals surface area contributed by atoms with Gasteiger partial charge < -0.3 is 10.3 Å². The summed E-state index contributed by atoms with van der Waals surface area (Å²) in [7, 11) is -4.52. The molecule has 1 aliphatic carbocycles. The number of halogens is 4. The van der Waals surface area contributed by atoms with Crippen LogP contribution in [-0.2, 0) is 10.0 Å². The zero-order chi connectivity index (χ0) is 26.4. The molecule has 1 atom stereocenters. The van der Waals surface area contributed by atoms with Crippen molar-refractivity contribution in [2.45, 2.75) is 69.1 Å². The van der Waals surface area contributed by atoms with Crippen LogP contribution in [0.15, 0.2) is 35.4 Å². The molecule has 12 heteroatoms. The highest BCUT2D eigenvalue weighted by atomic mass is 32.2. The van der Waals surface area contributed by atoms with Gasteiger partial charge in [-0.25, -0.2) is 12.8 Å². The van der Waals surface area contributed by atoms with E-state index in [2.05, 4.69) is 4.98 Å². The number of amides is 1. The van der Waals surface area contributed by atoms with Gasteiger partial charge in [0.05, 0.1) is 22.5 Å². The van der Waals surface area contributed by atoms with Crippen molar-refractivity contribution in [3.8, 4) is 11.4 Å². The first-order chi connectivity index (χ1) is 16.8. The summed E-state index contributed by atoms with van der Waals surface area (Å²) >= 11 is 0. The molecule has 36 heavy (non-hydrogen) atoms. The second-order valence-electron chi connectivity index (χ2n) is 9.13. The Bertz CT molecular complexity index is 1410. The van der Waals surface area contributed by atoms with E-state index < -0.39 is 38.9 Å². The molecule has 0 radical (unpaired) electrons. The number of fused-ring (bicyclic) bond motifs is 1. The van der Waals surface area contributed by atoms with Gasteiger partial charge >= 0.3 is 6.18 Å². The topological polar surface area (TPSA) is 107 Å². The Morgan fingerprint density at radius 1 is 1.19 bits per heavy atom. The van der Waals surface area contributed by atoms with E-state index in [1.54, 1.807) is 17.7 Å². The highest BCUT2D eigenvalue weighted by molar-refractivity contribution is 7.89. The van der Waals surface area contributed by atoms with Gasteiger partial charge in [0.25, 0.3) is 5.91 Å². The standard InChI is InChI=1S/C24H26F4N4O3S/c1-13-10-20-17(11-18(13)25)21(23(29)33)22(32(20)15-6-4-3-5-7-15)19-9-8-16(12-30-19)36(34,35)31-14(2)24(26,27)28/h8-12,14-15,31H,3-7H2,1-2H3,(H2,29,33)/t14-/m1/s1. The maximum absolute atomic E-state index is 14.5. The van der Waals surface area contributed by atoms with Crippen molar-refractivity contribution >= 4 is 26.8 Å². The van der Waals surface area contributed by atoms with Gasteiger partial charge in [-0.2, -0.15) is 17.9 Å². The summed E-state index contributed by atoms with van der Waals surface area (Å²) in [6, 6.07) is 3.03. The first-order valence-electron chi connectivity index (χ1n) is 11.5. The van der Waals surface area contributed by atoms with Crippen LogP contribution in [0.3, 0.4) is 0 Å². The molecule has 3 N–H and O–H groups in total. The highest BCUT2D eigenvalue weighted by Gasteiger charge is 2.39. The molecule has 2 aromatic heterocycles. The maximum Gasteiger partial charge on any atom is 0.404 e. The molecule has 1 fully saturated rings. The van der Waals surface area contributed by atoms with E-state index in [0.29, 0.717) is 29.1 Å². The molecule has 0 unspecified atom stereocenters. The number of pyridine rings is 1. The van der Waals surface area contributed by atoms with Gasteiger partial charge in [-0.15, -0.1) is 0 Å². The van der Waals surface area contributed by atoms with Crippen LogP contribution in [0.4, 0.5) is 17.6 Å². The Kier molecular flexibility index (Phi) is 6.86. The summed E-state index contributed by atoms with van der Waals surface area (Å²) in [5.41, 5.74) is 7.32. The fourth-order valence-electron chi connectivity index (χ4n) is 4.70. The van der Waals surface area contributed by atoms with Crippen molar-refractivity contribution < 1.29 is 30.8 Å². The maximum atomic E-state index is 14.5. The lowest BCUT2D eigenvalue weighted by Gasteiger charge is -2.26. The van der Waals surface area contributed by atoms with E-state index in [1.807, 2.05) is 4.57 Å². The Labute approximate surface area is 205 Å². The molecule has 1 aromatic carbocycles. The summed E-state index contributed by atoms with van der Waals surface area (Å²) < 4.78 is 81.6. The fourth-order valence-corrected chi connectivity index (χ4v) is 5.87. The summed E-state index contributed by atoms with van der Waals surface area (Å²) in [5, 5.41) is 0.324. The predicted molar refractivity (Wildman–Crippen MR) is 126 cm³/mol. The number of hydrogen-bond donors (Lipinski definition) is 2. The SMILES string of the molecule is Cc1cc2c(cc1F)c(C(N)=O)c(-c1ccc(S(=O)(=O)N[C@H](C)C(F)(F)F)cn1)n2C1CCCCC1. The molecule has 1 amide bonds. The van der Waals surface area contributed by atoms with Crippen LogP contribution in [-0.4, -0.2) is 36.1 Å². The Morgan fingerprint density at radius 3 is 2.42 bits per heavy atom. The molecular weight excluding hydrogens is 500 g/mol. The average molecular weight is 527 g/mol. The predicted octanol–water partition coefficient (Wildman–Crippen LogP) is 4.98. The van der Waals surface area contributed by atoms with Crippen molar-refractivity contribution in [1.82, 2.24) is 14.3 Å². The van der Waals surface area contributed by atoms with Crippen molar-refractivity contribution in [3.05, 3.63) is 47.4 Å². The molecule has 7 nitrogen and oxygen atoms in total. The van der Waals surface area contributed by atoms with Gasteiger partial charge in [-0.05, 0) is 56.5 Å². The number of sulfonamides is 1. The number of aryl methyl sites for hydroxylation is 1. The first-order valence-corrected chi connectivity index (χ1v) is 13.0. The van der Waals surface area contributed by atoms with Crippen molar-refractivity contribution in [2.75, 3.05) is 0 Å². The summed E-state index contributed by atoms with van der Waals surface area (Å²) in [5.74, 6) is -1.30. The summed E-state index contributed by atoms with van der Waals surface area (Å²) in [6.45, 7) is 2.31. The van der Waals surface area contributed by atoms with Crippen LogP contribution in [0.25, 0.3) is 22.3 Å². The third kappa shape index (κ3) is 4.83. The number of benzene rings is 1. The van der Waals surface area contributed by atoms with Crippen molar-refractivity contribution in [3.63, 3.8) is 0 Å². The van der Waals surface area contributed by atoms with Gasteiger partial charge in [0.15, 0.2) is 0 Å². The third-order valence-corrected chi connectivity index (χ3v) is 8.11. The number of nitrogens with two attached hydrogens (primary N) is 1.